The summed E-state index contributed by atoms with van der Waals surface area (Å²) in [5.74, 6) is -0.458. The third-order valence-electron chi connectivity index (χ3n) is 6.69. The van der Waals surface area contributed by atoms with Crippen molar-refractivity contribution in [2.45, 2.75) is 71.8 Å². The van der Waals surface area contributed by atoms with E-state index in [0.29, 0.717) is 24.1 Å². The Morgan fingerprint density at radius 2 is 1.91 bits per heavy atom. The summed E-state index contributed by atoms with van der Waals surface area (Å²) >= 11 is 0. The number of aryl methyl sites for hydroxylation is 1. The van der Waals surface area contributed by atoms with Crippen LogP contribution in [0.1, 0.15) is 85.8 Å². The molecule has 2 aromatic carbocycles. The van der Waals surface area contributed by atoms with E-state index in [4.69, 9.17) is 0 Å². The Labute approximate surface area is 198 Å². The molecule has 1 amide bonds. The Hall–Kier alpha value is -3.01. The fourth-order valence-electron chi connectivity index (χ4n) is 4.84. The van der Waals surface area contributed by atoms with E-state index in [1.807, 2.05) is 37.3 Å². The van der Waals surface area contributed by atoms with Gasteiger partial charge in [-0.25, -0.2) is 0 Å². The third kappa shape index (κ3) is 5.87. The largest absolute Gasteiger partial charge is 0.507 e. The van der Waals surface area contributed by atoms with Crippen LogP contribution in [0.5, 0.6) is 11.5 Å². The van der Waals surface area contributed by atoms with E-state index in [2.05, 4.69) is 31.8 Å². The summed E-state index contributed by atoms with van der Waals surface area (Å²) in [4.78, 5) is 13.3. The second kappa shape index (κ2) is 11.2. The summed E-state index contributed by atoms with van der Waals surface area (Å²) < 4.78 is 0. The van der Waals surface area contributed by atoms with Crippen LogP contribution in [0.3, 0.4) is 0 Å². The number of hydrogen-bond acceptors (Lipinski definition) is 3. The van der Waals surface area contributed by atoms with Crippen molar-refractivity contribution < 1.29 is 15.0 Å². The van der Waals surface area contributed by atoms with Crippen molar-refractivity contribution in [2.75, 3.05) is 0 Å². The molecule has 0 heterocycles. The number of carbonyl (C=O) groups excluding carboxylic acids is 1. The van der Waals surface area contributed by atoms with Gasteiger partial charge in [0.05, 0.1) is 5.56 Å². The van der Waals surface area contributed by atoms with Gasteiger partial charge in [0.15, 0.2) is 0 Å². The summed E-state index contributed by atoms with van der Waals surface area (Å²) in [6.45, 7) is 10.7. The lowest BCUT2D eigenvalue weighted by Gasteiger charge is -2.32. The normalized spacial score (nSPS) is 18.0. The molecule has 4 nitrogen and oxygen atoms in total. The average molecular weight is 448 g/mol. The number of benzene rings is 2. The fourth-order valence-corrected chi connectivity index (χ4v) is 4.84. The lowest BCUT2D eigenvalue weighted by molar-refractivity contribution is 0.0947. The number of hydrogen-bond donors (Lipinski definition) is 3. The maximum absolute atomic E-state index is 13.3. The number of phenols is 2. The van der Waals surface area contributed by atoms with Crippen molar-refractivity contribution in [1.82, 2.24) is 5.32 Å². The summed E-state index contributed by atoms with van der Waals surface area (Å²) in [6, 6.07) is 11.4. The molecule has 2 aromatic rings. The molecule has 2 atom stereocenters. The Kier molecular flexibility index (Phi) is 8.37. The molecule has 3 rings (SSSR count). The van der Waals surface area contributed by atoms with Crippen molar-refractivity contribution in [3.05, 3.63) is 82.5 Å². The first-order valence-electron chi connectivity index (χ1n) is 12.1. The minimum Gasteiger partial charge on any atom is -0.507 e. The smallest absolute Gasteiger partial charge is 0.255 e. The first kappa shape index (κ1) is 24.6. The van der Waals surface area contributed by atoms with Gasteiger partial charge in [0.2, 0.25) is 0 Å². The van der Waals surface area contributed by atoms with Crippen molar-refractivity contribution in [3.8, 4) is 11.5 Å². The van der Waals surface area contributed by atoms with Crippen LogP contribution in [0.25, 0.3) is 0 Å². The summed E-state index contributed by atoms with van der Waals surface area (Å²) in [5, 5.41) is 25.4. The van der Waals surface area contributed by atoms with Crippen molar-refractivity contribution in [2.24, 2.45) is 5.92 Å². The van der Waals surface area contributed by atoms with Gasteiger partial charge < -0.3 is 15.5 Å². The van der Waals surface area contributed by atoms with Gasteiger partial charge in [0, 0.05) is 18.0 Å². The molecule has 0 bridgehead atoms. The fraction of sp³-hybridized carbons (Fsp3) is 0.414. The van der Waals surface area contributed by atoms with Gasteiger partial charge in [-0.2, -0.15) is 0 Å². The summed E-state index contributed by atoms with van der Waals surface area (Å²) in [6.07, 6.45) is 7.59. The number of aromatic hydroxyl groups is 2. The van der Waals surface area contributed by atoms with Crippen LogP contribution in [0, 0.1) is 5.92 Å². The highest BCUT2D eigenvalue weighted by molar-refractivity contribution is 5.99. The Morgan fingerprint density at radius 1 is 1.18 bits per heavy atom. The topological polar surface area (TPSA) is 69.6 Å². The zero-order chi connectivity index (χ0) is 24.0. The predicted octanol–water partition coefficient (Wildman–Crippen LogP) is 6.78. The lowest BCUT2D eigenvalue weighted by atomic mass is 9.73. The van der Waals surface area contributed by atoms with E-state index in [-0.39, 0.29) is 34.8 Å². The van der Waals surface area contributed by atoms with Crippen molar-refractivity contribution in [3.63, 3.8) is 0 Å². The quantitative estimate of drug-likeness (QED) is 0.293. The number of carbonyl (C=O) groups is 1. The maximum atomic E-state index is 13.3. The second-order valence-corrected chi connectivity index (χ2v) is 9.35. The molecule has 0 saturated carbocycles. The molecule has 176 valence electrons. The Morgan fingerprint density at radius 3 is 2.58 bits per heavy atom. The minimum atomic E-state index is -0.313. The van der Waals surface area contributed by atoms with Gasteiger partial charge in [0.1, 0.15) is 11.5 Å². The lowest BCUT2D eigenvalue weighted by Crippen LogP contribution is -2.25. The highest BCUT2D eigenvalue weighted by Gasteiger charge is 2.33. The highest BCUT2D eigenvalue weighted by Crippen LogP contribution is 2.48. The van der Waals surface area contributed by atoms with Gasteiger partial charge in [-0.3, -0.25) is 4.79 Å². The number of phenolic OH excluding ortho intramolecular Hbond substituents is 2. The minimum absolute atomic E-state index is 0.0563. The van der Waals surface area contributed by atoms with Gasteiger partial charge in [-0.15, -0.1) is 0 Å². The molecule has 0 aliphatic heterocycles. The Bertz CT molecular complexity index is 1020. The van der Waals surface area contributed by atoms with E-state index in [1.165, 1.54) is 5.57 Å². The van der Waals surface area contributed by atoms with E-state index in [0.717, 1.165) is 43.2 Å². The first-order valence-corrected chi connectivity index (χ1v) is 12.1. The van der Waals surface area contributed by atoms with E-state index < -0.39 is 0 Å². The van der Waals surface area contributed by atoms with Gasteiger partial charge >= 0.3 is 0 Å². The number of allylic oxidation sites excluding steroid dienone is 3. The SMILES string of the molecule is C=C(C)C1CCC(C)=CC1c1c(O)cc(CCCCC)c(C(=O)NCc2ccccc2)c1O. The summed E-state index contributed by atoms with van der Waals surface area (Å²) in [5.41, 5.74) is 4.64. The number of nitrogens with one attached hydrogen (secondary N) is 1. The van der Waals surface area contributed by atoms with Gasteiger partial charge in [-0.05, 0) is 62.6 Å². The van der Waals surface area contributed by atoms with Crippen LogP contribution in [0.4, 0.5) is 0 Å². The molecular formula is C29H37NO3. The summed E-state index contributed by atoms with van der Waals surface area (Å²) in [7, 11) is 0. The molecule has 1 aliphatic carbocycles. The number of unbranched alkanes of at least 4 members (excludes halogenated alkanes) is 2. The first-order chi connectivity index (χ1) is 15.8. The molecule has 1 aliphatic rings. The predicted molar refractivity (Wildman–Crippen MR) is 135 cm³/mol. The van der Waals surface area contributed by atoms with E-state index in [1.54, 1.807) is 6.07 Å². The van der Waals surface area contributed by atoms with Crippen molar-refractivity contribution in [1.29, 1.82) is 0 Å². The third-order valence-corrected chi connectivity index (χ3v) is 6.69. The van der Waals surface area contributed by atoms with Crippen LogP contribution >= 0.6 is 0 Å². The zero-order valence-electron chi connectivity index (χ0n) is 20.2. The second-order valence-electron chi connectivity index (χ2n) is 9.35. The molecule has 0 radical (unpaired) electrons. The van der Waals surface area contributed by atoms with Crippen LogP contribution in [0.2, 0.25) is 0 Å². The number of rotatable bonds is 9. The van der Waals surface area contributed by atoms with Crippen LogP contribution in [0.15, 0.2) is 60.2 Å². The van der Waals surface area contributed by atoms with Gasteiger partial charge in [-0.1, -0.05) is 73.9 Å². The molecule has 3 N–H and O–H groups in total. The maximum Gasteiger partial charge on any atom is 0.255 e. The van der Waals surface area contributed by atoms with E-state index in [9.17, 15) is 15.0 Å². The molecule has 0 saturated heterocycles. The molecule has 0 aromatic heterocycles. The standard InChI is InChI=1S/C29H37NO3/c1-5-6-8-13-22-17-25(31)27(24-16-20(4)14-15-23(24)19(2)3)28(32)26(22)29(33)30-18-21-11-9-7-10-12-21/h7,9-12,16-17,23-24,31-32H,2,5-6,8,13-15,18H2,1,3-4H3,(H,30,33). The van der Waals surface area contributed by atoms with Gasteiger partial charge in [0.25, 0.3) is 5.91 Å². The Balaban J connectivity index is 2.03. The molecule has 0 spiro atoms. The molecule has 2 unspecified atom stereocenters. The molecule has 0 fully saturated rings. The van der Waals surface area contributed by atoms with Crippen LogP contribution in [-0.4, -0.2) is 16.1 Å². The molecule has 33 heavy (non-hydrogen) atoms. The monoisotopic (exact) mass is 447 g/mol. The number of amides is 1. The van der Waals surface area contributed by atoms with Crippen LogP contribution < -0.4 is 5.32 Å². The molecular weight excluding hydrogens is 410 g/mol. The molecule has 4 heteroatoms. The van der Waals surface area contributed by atoms with E-state index >= 15 is 0 Å². The zero-order valence-corrected chi connectivity index (χ0v) is 20.2. The average Bonchev–Trinajstić information content (AvgIpc) is 2.78. The van der Waals surface area contributed by atoms with Crippen LogP contribution in [-0.2, 0) is 13.0 Å². The van der Waals surface area contributed by atoms with Crippen molar-refractivity contribution >= 4 is 5.91 Å². The highest BCUT2D eigenvalue weighted by atomic mass is 16.3.